The van der Waals surface area contributed by atoms with Crippen LogP contribution in [0, 0.1) is 0 Å². The quantitative estimate of drug-likeness (QED) is 0.650. The summed E-state index contributed by atoms with van der Waals surface area (Å²) in [6.45, 7) is 2.09. The van der Waals surface area contributed by atoms with E-state index in [1.165, 1.54) is 0 Å². The monoisotopic (exact) mass is 215 g/mol. The van der Waals surface area contributed by atoms with Gasteiger partial charge in [0.2, 0.25) is 0 Å². The van der Waals surface area contributed by atoms with E-state index in [2.05, 4.69) is 5.10 Å². The first-order chi connectivity index (χ1) is 7.24. The van der Waals surface area contributed by atoms with Crippen molar-refractivity contribution in [3.05, 3.63) is 6.20 Å². The summed E-state index contributed by atoms with van der Waals surface area (Å²) in [6.07, 6.45) is 1.70. The molecule has 0 saturated heterocycles. The number of nitrogens with zero attached hydrogens (tertiary/aromatic N) is 2. The van der Waals surface area contributed by atoms with E-state index in [4.69, 9.17) is 19.9 Å². The fraction of sp³-hybridized carbons (Fsp3) is 0.667. The number of aromatic nitrogens is 2. The van der Waals surface area contributed by atoms with Crippen LogP contribution in [-0.4, -0.2) is 43.3 Å². The number of hydrogen-bond acceptors (Lipinski definition) is 5. The fourth-order valence-corrected chi connectivity index (χ4v) is 1.04. The van der Waals surface area contributed by atoms with Crippen LogP contribution in [0.15, 0.2) is 6.20 Å². The highest BCUT2D eigenvalue weighted by Crippen LogP contribution is 2.16. The predicted octanol–water partition coefficient (Wildman–Crippen LogP) is 0.0441. The predicted molar refractivity (Wildman–Crippen MR) is 55.8 cm³/mol. The van der Waals surface area contributed by atoms with Gasteiger partial charge in [0, 0.05) is 14.2 Å². The van der Waals surface area contributed by atoms with E-state index >= 15 is 0 Å². The summed E-state index contributed by atoms with van der Waals surface area (Å²) in [5, 5.41) is 4.03. The topological polar surface area (TPSA) is 71.5 Å². The maximum atomic E-state index is 5.63. The lowest BCUT2D eigenvalue weighted by Crippen LogP contribution is -2.10. The van der Waals surface area contributed by atoms with Gasteiger partial charge in [-0.1, -0.05) is 0 Å². The van der Waals surface area contributed by atoms with Gasteiger partial charge in [-0.05, 0) is 0 Å². The van der Waals surface area contributed by atoms with Crippen molar-refractivity contribution in [1.82, 2.24) is 9.78 Å². The van der Waals surface area contributed by atoms with Crippen molar-refractivity contribution in [3.63, 3.8) is 0 Å². The van der Waals surface area contributed by atoms with E-state index in [-0.39, 0.29) is 0 Å². The molecule has 0 unspecified atom stereocenters. The molecule has 0 saturated carbocycles. The van der Waals surface area contributed by atoms with Crippen LogP contribution < -0.4 is 10.5 Å². The Morgan fingerprint density at radius 2 is 2.07 bits per heavy atom. The molecule has 0 fully saturated rings. The van der Waals surface area contributed by atoms with Crippen molar-refractivity contribution in [1.29, 1.82) is 0 Å². The van der Waals surface area contributed by atoms with Gasteiger partial charge in [-0.25, -0.2) is 0 Å². The molecular weight excluding hydrogens is 198 g/mol. The third kappa shape index (κ3) is 4.18. The lowest BCUT2D eigenvalue weighted by Gasteiger charge is -2.04. The molecule has 86 valence electrons. The van der Waals surface area contributed by atoms with Crippen LogP contribution >= 0.6 is 0 Å². The van der Waals surface area contributed by atoms with Crippen LogP contribution in [-0.2, 0) is 16.5 Å². The maximum Gasteiger partial charge on any atom is 0.256 e. The van der Waals surface area contributed by atoms with Crippen molar-refractivity contribution in [2.24, 2.45) is 7.05 Å². The summed E-state index contributed by atoms with van der Waals surface area (Å²) < 4.78 is 17.0. The van der Waals surface area contributed by atoms with Gasteiger partial charge in [0.1, 0.15) is 12.3 Å². The molecule has 1 rings (SSSR count). The SMILES string of the molecule is COCCOCCOc1nn(C)cc1N. The molecule has 6 nitrogen and oxygen atoms in total. The Morgan fingerprint density at radius 3 is 2.67 bits per heavy atom. The minimum atomic E-state index is 0.435. The Bertz CT molecular complexity index is 288. The molecule has 0 aliphatic heterocycles. The third-order valence-electron chi connectivity index (χ3n) is 1.72. The van der Waals surface area contributed by atoms with Crippen molar-refractivity contribution >= 4 is 5.69 Å². The minimum absolute atomic E-state index is 0.435. The maximum absolute atomic E-state index is 5.63. The number of ether oxygens (including phenoxy) is 3. The normalized spacial score (nSPS) is 10.5. The molecule has 15 heavy (non-hydrogen) atoms. The van der Waals surface area contributed by atoms with Crippen LogP contribution in [0.5, 0.6) is 5.88 Å². The molecule has 0 aliphatic rings. The number of nitrogens with two attached hydrogens (primary N) is 1. The van der Waals surface area contributed by atoms with Crippen molar-refractivity contribution in [2.75, 3.05) is 39.3 Å². The van der Waals surface area contributed by atoms with Gasteiger partial charge in [0.15, 0.2) is 0 Å². The Labute approximate surface area is 88.9 Å². The van der Waals surface area contributed by atoms with Gasteiger partial charge in [-0.2, -0.15) is 0 Å². The van der Waals surface area contributed by atoms with Gasteiger partial charge in [0.05, 0.1) is 26.0 Å². The minimum Gasteiger partial charge on any atom is -0.473 e. The van der Waals surface area contributed by atoms with E-state index in [1.54, 1.807) is 25.0 Å². The zero-order chi connectivity index (χ0) is 11.1. The van der Waals surface area contributed by atoms with Crippen LogP contribution in [0.3, 0.4) is 0 Å². The van der Waals surface area contributed by atoms with Crippen LogP contribution in [0.25, 0.3) is 0 Å². The Kier molecular flexibility index (Phi) is 4.92. The Balaban J connectivity index is 2.12. The molecule has 0 bridgehead atoms. The average Bonchev–Trinajstić information content (AvgIpc) is 2.51. The molecule has 0 radical (unpaired) electrons. The molecule has 1 aromatic rings. The highest BCUT2D eigenvalue weighted by Gasteiger charge is 2.04. The zero-order valence-electron chi connectivity index (χ0n) is 9.10. The van der Waals surface area contributed by atoms with Gasteiger partial charge < -0.3 is 19.9 Å². The standard InChI is InChI=1S/C9H17N3O3/c1-12-7-8(10)9(11-12)15-6-5-14-4-3-13-2/h7H,3-6,10H2,1-2H3. The van der Waals surface area contributed by atoms with Gasteiger partial charge in [0.25, 0.3) is 5.88 Å². The van der Waals surface area contributed by atoms with Crippen molar-refractivity contribution in [2.45, 2.75) is 0 Å². The number of aryl methyl sites for hydroxylation is 1. The number of rotatable bonds is 7. The van der Waals surface area contributed by atoms with Gasteiger partial charge >= 0.3 is 0 Å². The molecule has 1 aromatic heterocycles. The number of anilines is 1. The first kappa shape index (κ1) is 11.8. The summed E-state index contributed by atoms with van der Waals surface area (Å²) in [6, 6.07) is 0. The molecule has 6 heteroatoms. The number of methoxy groups -OCH3 is 1. The third-order valence-corrected chi connectivity index (χ3v) is 1.72. The first-order valence-corrected chi connectivity index (χ1v) is 4.72. The summed E-state index contributed by atoms with van der Waals surface area (Å²) in [4.78, 5) is 0. The number of nitrogen functional groups attached to an aromatic ring is 1. The van der Waals surface area contributed by atoms with Crippen LogP contribution in [0.1, 0.15) is 0 Å². The highest BCUT2D eigenvalue weighted by molar-refractivity contribution is 5.45. The molecule has 1 heterocycles. The smallest absolute Gasteiger partial charge is 0.256 e. The van der Waals surface area contributed by atoms with E-state index in [0.717, 1.165) is 0 Å². The molecule has 0 amide bonds. The van der Waals surface area contributed by atoms with Crippen LogP contribution in [0.2, 0.25) is 0 Å². The highest BCUT2D eigenvalue weighted by atomic mass is 16.5. The van der Waals surface area contributed by atoms with E-state index in [9.17, 15) is 0 Å². The first-order valence-electron chi connectivity index (χ1n) is 4.72. The zero-order valence-corrected chi connectivity index (χ0v) is 9.10. The number of hydrogen-bond donors (Lipinski definition) is 1. The molecule has 0 atom stereocenters. The second kappa shape index (κ2) is 6.26. The summed E-state index contributed by atoms with van der Waals surface area (Å²) in [7, 11) is 3.42. The van der Waals surface area contributed by atoms with E-state index in [1.807, 2.05) is 0 Å². The lowest BCUT2D eigenvalue weighted by atomic mass is 10.6. The summed E-state index contributed by atoms with van der Waals surface area (Å²) in [5.41, 5.74) is 6.17. The lowest BCUT2D eigenvalue weighted by molar-refractivity contribution is 0.0537. The fourth-order valence-electron chi connectivity index (χ4n) is 1.04. The van der Waals surface area contributed by atoms with Crippen LogP contribution in [0.4, 0.5) is 5.69 Å². The summed E-state index contributed by atoms with van der Waals surface area (Å²) >= 11 is 0. The Hall–Kier alpha value is -1.27. The molecular formula is C9H17N3O3. The van der Waals surface area contributed by atoms with E-state index in [0.29, 0.717) is 38.0 Å². The summed E-state index contributed by atoms with van der Waals surface area (Å²) in [5.74, 6) is 0.452. The molecule has 0 aromatic carbocycles. The van der Waals surface area contributed by atoms with E-state index < -0.39 is 0 Å². The van der Waals surface area contributed by atoms with Gasteiger partial charge in [-0.3, -0.25) is 4.68 Å². The second-order valence-corrected chi connectivity index (χ2v) is 3.02. The molecule has 2 N–H and O–H groups in total. The second-order valence-electron chi connectivity index (χ2n) is 3.02. The van der Waals surface area contributed by atoms with Gasteiger partial charge in [-0.15, -0.1) is 5.10 Å². The average molecular weight is 215 g/mol. The van der Waals surface area contributed by atoms with Crippen molar-refractivity contribution in [3.8, 4) is 5.88 Å². The molecule has 0 spiro atoms. The molecule has 0 aliphatic carbocycles. The van der Waals surface area contributed by atoms with Crippen molar-refractivity contribution < 1.29 is 14.2 Å². The largest absolute Gasteiger partial charge is 0.473 e. The Morgan fingerprint density at radius 1 is 1.33 bits per heavy atom.